The molecule has 1 fully saturated rings. The zero-order valence-electron chi connectivity index (χ0n) is 11.7. The molecule has 3 nitrogen and oxygen atoms in total. The molecule has 0 bridgehead atoms. The lowest BCUT2D eigenvalue weighted by Gasteiger charge is -2.13. The van der Waals surface area contributed by atoms with Gasteiger partial charge in [0.25, 0.3) is 0 Å². The third-order valence-corrected chi connectivity index (χ3v) is 3.59. The van der Waals surface area contributed by atoms with Crippen molar-refractivity contribution in [3.8, 4) is 5.75 Å². The molecule has 0 radical (unpaired) electrons. The standard InChI is InChI=1S/C16H23NO2/c1-2-16(18)17-12-11-13-7-9-15(10-8-13)19-14-5-3-4-6-14/h7-10,14H,2-6,11-12H2,1H3,(H,17,18). The number of rotatable bonds is 6. The lowest BCUT2D eigenvalue weighted by Crippen LogP contribution is -2.24. The minimum atomic E-state index is 0.112. The summed E-state index contributed by atoms with van der Waals surface area (Å²) in [5.41, 5.74) is 1.23. The zero-order valence-corrected chi connectivity index (χ0v) is 11.7. The molecule has 1 saturated carbocycles. The predicted molar refractivity (Wildman–Crippen MR) is 76.3 cm³/mol. The number of carbonyl (C=O) groups is 1. The third kappa shape index (κ3) is 4.58. The SMILES string of the molecule is CCC(=O)NCCc1ccc(OC2CCCC2)cc1. The molecular formula is C16H23NO2. The second kappa shape index (κ2) is 7.17. The number of hydrogen-bond donors (Lipinski definition) is 1. The van der Waals surface area contributed by atoms with Crippen LogP contribution in [0, 0.1) is 0 Å². The molecule has 1 N–H and O–H groups in total. The van der Waals surface area contributed by atoms with Gasteiger partial charge in [-0.3, -0.25) is 4.79 Å². The van der Waals surface area contributed by atoms with Crippen molar-refractivity contribution in [2.45, 2.75) is 51.6 Å². The van der Waals surface area contributed by atoms with Gasteiger partial charge in [-0.1, -0.05) is 19.1 Å². The maximum Gasteiger partial charge on any atom is 0.219 e. The predicted octanol–water partition coefficient (Wildman–Crippen LogP) is 3.08. The average Bonchev–Trinajstić information content (AvgIpc) is 2.93. The summed E-state index contributed by atoms with van der Waals surface area (Å²) in [7, 11) is 0. The molecule has 0 spiro atoms. The number of amides is 1. The van der Waals surface area contributed by atoms with E-state index in [9.17, 15) is 4.79 Å². The van der Waals surface area contributed by atoms with Gasteiger partial charge >= 0.3 is 0 Å². The average molecular weight is 261 g/mol. The first-order chi connectivity index (χ1) is 9.28. The number of nitrogens with one attached hydrogen (secondary N) is 1. The summed E-state index contributed by atoms with van der Waals surface area (Å²) < 4.78 is 5.92. The van der Waals surface area contributed by atoms with Gasteiger partial charge in [-0.25, -0.2) is 0 Å². The van der Waals surface area contributed by atoms with E-state index < -0.39 is 0 Å². The Labute approximate surface area is 115 Å². The molecule has 104 valence electrons. The van der Waals surface area contributed by atoms with Gasteiger partial charge in [0.05, 0.1) is 6.10 Å². The number of hydrogen-bond acceptors (Lipinski definition) is 2. The summed E-state index contributed by atoms with van der Waals surface area (Å²) in [6.45, 7) is 2.57. The maximum atomic E-state index is 11.1. The highest BCUT2D eigenvalue weighted by Crippen LogP contribution is 2.24. The highest BCUT2D eigenvalue weighted by molar-refractivity contribution is 5.75. The Hall–Kier alpha value is -1.51. The van der Waals surface area contributed by atoms with Crippen molar-refractivity contribution >= 4 is 5.91 Å². The first kappa shape index (κ1) is 13.9. The molecule has 19 heavy (non-hydrogen) atoms. The Morgan fingerprint density at radius 2 is 1.95 bits per heavy atom. The maximum absolute atomic E-state index is 11.1. The van der Waals surface area contributed by atoms with E-state index in [4.69, 9.17) is 4.74 Å². The van der Waals surface area contributed by atoms with E-state index in [1.54, 1.807) is 0 Å². The number of carbonyl (C=O) groups excluding carboxylic acids is 1. The number of benzene rings is 1. The van der Waals surface area contributed by atoms with Crippen LogP contribution in [0.2, 0.25) is 0 Å². The molecule has 0 aromatic heterocycles. The minimum absolute atomic E-state index is 0.112. The van der Waals surface area contributed by atoms with Crippen LogP contribution in [-0.2, 0) is 11.2 Å². The lowest BCUT2D eigenvalue weighted by molar-refractivity contribution is -0.120. The van der Waals surface area contributed by atoms with E-state index in [0.717, 1.165) is 12.2 Å². The van der Waals surface area contributed by atoms with Crippen molar-refractivity contribution < 1.29 is 9.53 Å². The van der Waals surface area contributed by atoms with E-state index in [1.807, 2.05) is 19.1 Å². The van der Waals surface area contributed by atoms with Gasteiger partial charge in [-0.15, -0.1) is 0 Å². The normalized spacial score (nSPS) is 15.4. The van der Waals surface area contributed by atoms with Crippen molar-refractivity contribution in [2.75, 3.05) is 6.54 Å². The Morgan fingerprint density at radius 1 is 1.26 bits per heavy atom. The van der Waals surface area contributed by atoms with Crippen LogP contribution in [0.1, 0.15) is 44.6 Å². The Bertz CT molecular complexity index is 394. The van der Waals surface area contributed by atoms with Gasteiger partial charge in [0.2, 0.25) is 5.91 Å². The summed E-state index contributed by atoms with van der Waals surface area (Å²) >= 11 is 0. The fraction of sp³-hybridized carbons (Fsp3) is 0.562. The van der Waals surface area contributed by atoms with Crippen molar-refractivity contribution in [1.29, 1.82) is 0 Å². The molecule has 1 amide bonds. The second-order valence-electron chi connectivity index (χ2n) is 5.12. The van der Waals surface area contributed by atoms with Gasteiger partial charge in [0, 0.05) is 13.0 Å². The molecule has 1 aliphatic rings. The topological polar surface area (TPSA) is 38.3 Å². The van der Waals surface area contributed by atoms with Crippen LogP contribution in [0.4, 0.5) is 0 Å². The van der Waals surface area contributed by atoms with E-state index in [0.29, 0.717) is 19.1 Å². The van der Waals surface area contributed by atoms with Gasteiger partial charge in [-0.2, -0.15) is 0 Å². The summed E-state index contributed by atoms with van der Waals surface area (Å²) in [6, 6.07) is 8.25. The highest BCUT2D eigenvalue weighted by atomic mass is 16.5. The fourth-order valence-corrected chi connectivity index (χ4v) is 2.40. The third-order valence-electron chi connectivity index (χ3n) is 3.59. The van der Waals surface area contributed by atoms with E-state index in [-0.39, 0.29) is 5.91 Å². The van der Waals surface area contributed by atoms with Crippen LogP contribution >= 0.6 is 0 Å². The van der Waals surface area contributed by atoms with Crippen LogP contribution < -0.4 is 10.1 Å². The van der Waals surface area contributed by atoms with Gasteiger partial charge in [0.1, 0.15) is 5.75 Å². The fourth-order valence-electron chi connectivity index (χ4n) is 2.40. The highest BCUT2D eigenvalue weighted by Gasteiger charge is 2.16. The number of ether oxygens (including phenoxy) is 1. The molecule has 0 unspecified atom stereocenters. The molecular weight excluding hydrogens is 238 g/mol. The van der Waals surface area contributed by atoms with E-state index in [1.165, 1.54) is 31.2 Å². The Balaban J connectivity index is 1.75. The van der Waals surface area contributed by atoms with Gasteiger partial charge in [0.15, 0.2) is 0 Å². The quantitative estimate of drug-likeness (QED) is 0.854. The second-order valence-corrected chi connectivity index (χ2v) is 5.12. The lowest BCUT2D eigenvalue weighted by atomic mass is 10.1. The molecule has 1 aliphatic carbocycles. The Morgan fingerprint density at radius 3 is 2.58 bits per heavy atom. The first-order valence-corrected chi connectivity index (χ1v) is 7.30. The zero-order chi connectivity index (χ0) is 13.5. The van der Waals surface area contributed by atoms with Gasteiger partial charge in [-0.05, 0) is 49.8 Å². The molecule has 1 aromatic carbocycles. The monoisotopic (exact) mass is 261 g/mol. The van der Waals surface area contributed by atoms with Gasteiger partial charge < -0.3 is 10.1 Å². The van der Waals surface area contributed by atoms with Crippen LogP contribution in [0.15, 0.2) is 24.3 Å². The van der Waals surface area contributed by atoms with Crippen molar-refractivity contribution in [3.05, 3.63) is 29.8 Å². The smallest absolute Gasteiger partial charge is 0.219 e. The minimum Gasteiger partial charge on any atom is -0.490 e. The van der Waals surface area contributed by atoms with Crippen LogP contribution in [0.3, 0.4) is 0 Å². The van der Waals surface area contributed by atoms with Crippen molar-refractivity contribution in [1.82, 2.24) is 5.32 Å². The summed E-state index contributed by atoms with van der Waals surface area (Å²) in [5, 5.41) is 2.88. The van der Waals surface area contributed by atoms with Crippen molar-refractivity contribution in [3.63, 3.8) is 0 Å². The van der Waals surface area contributed by atoms with E-state index >= 15 is 0 Å². The largest absolute Gasteiger partial charge is 0.490 e. The van der Waals surface area contributed by atoms with Crippen molar-refractivity contribution in [2.24, 2.45) is 0 Å². The van der Waals surface area contributed by atoms with Crippen LogP contribution in [0.25, 0.3) is 0 Å². The summed E-state index contributed by atoms with van der Waals surface area (Å²) in [6.07, 6.45) is 6.79. The molecule has 1 aromatic rings. The molecule has 0 aliphatic heterocycles. The molecule has 0 heterocycles. The summed E-state index contributed by atoms with van der Waals surface area (Å²) in [5.74, 6) is 1.08. The van der Waals surface area contributed by atoms with E-state index in [2.05, 4.69) is 17.4 Å². The molecule has 3 heteroatoms. The molecule has 0 saturated heterocycles. The summed E-state index contributed by atoms with van der Waals surface area (Å²) in [4.78, 5) is 11.1. The van der Waals surface area contributed by atoms with Crippen LogP contribution in [0.5, 0.6) is 5.75 Å². The van der Waals surface area contributed by atoms with Crippen LogP contribution in [-0.4, -0.2) is 18.6 Å². The molecule has 2 rings (SSSR count). The Kier molecular flexibility index (Phi) is 5.25. The molecule has 0 atom stereocenters. The first-order valence-electron chi connectivity index (χ1n) is 7.30.